The first-order valence-electron chi connectivity index (χ1n) is 6.71. The fraction of sp³-hybridized carbons (Fsp3) is 0.125. The van der Waals surface area contributed by atoms with Crippen molar-refractivity contribution in [3.05, 3.63) is 53.3 Å². The number of rotatable bonds is 1. The lowest BCUT2D eigenvalue weighted by molar-refractivity contribution is -0.142. The molecule has 3 rings (SSSR count). The Labute approximate surface area is 136 Å². The first-order chi connectivity index (χ1) is 11.6. The number of nitrogens with zero attached hydrogens (tertiary/aromatic N) is 3. The average Bonchev–Trinajstić information content (AvgIpc) is 2.95. The van der Waals surface area contributed by atoms with E-state index in [9.17, 15) is 26.3 Å². The highest BCUT2D eigenvalue weighted by Gasteiger charge is 2.35. The molecule has 0 radical (unpaired) electrons. The lowest BCUT2D eigenvalue weighted by Crippen LogP contribution is -2.13. The van der Waals surface area contributed by atoms with Gasteiger partial charge in [0.2, 0.25) is 0 Å². The van der Waals surface area contributed by atoms with Crippen LogP contribution in [0.3, 0.4) is 0 Å². The van der Waals surface area contributed by atoms with Gasteiger partial charge >= 0.3 is 12.4 Å². The fourth-order valence-electron chi connectivity index (χ4n) is 2.24. The van der Waals surface area contributed by atoms with Crippen LogP contribution in [0.15, 0.2) is 36.5 Å². The summed E-state index contributed by atoms with van der Waals surface area (Å²) in [4.78, 5) is 4.02. The first kappa shape index (κ1) is 16.8. The van der Waals surface area contributed by atoms with Crippen LogP contribution in [0.25, 0.3) is 16.9 Å². The van der Waals surface area contributed by atoms with Crippen molar-refractivity contribution in [3.63, 3.8) is 0 Å². The fourth-order valence-corrected chi connectivity index (χ4v) is 2.24. The van der Waals surface area contributed by atoms with Crippen LogP contribution in [0.4, 0.5) is 26.3 Å². The third-order valence-corrected chi connectivity index (χ3v) is 3.43. The van der Waals surface area contributed by atoms with Gasteiger partial charge in [-0.05, 0) is 18.2 Å². The van der Waals surface area contributed by atoms with Crippen LogP contribution in [0.5, 0.6) is 0 Å². The van der Waals surface area contributed by atoms with Crippen molar-refractivity contribution in [1.29, 1.82) is 0 Å². The lowest BCUT2D eigenvalue weighted by Gasteiger charge is -2.12. The van der Waals surface area contributed by atoms with Crippen molar-refractivity contribution in [2.24, 2.45) is 0 Å². The third kappa shape index (κ3) is 3.03. The van der Waals surface area contributed by atoms with Crippen molar-refractivity contribution >= 4 is 5.65 Å². The average molecular weight is 355 g/mol. The molecule has 25 heavy (non-hydrogen) atoms. The largest absolute Gasteiger partial charge is 0.433 e. The summed E-state index contributed by atoms with van der Waals surface area (Å²) < 4.78 is 78.2. The van der Waals surface area contributed by atoms with E-state index in [2.05, 4.69) is 16.0 Å². The molecular formula is C16H7F6N3. The summed E-state index contributed by atoms with van der Waals surface area (Å²) in [5.41, 5.74) is -2.28. The second kappa shape index (κ2) is 5.51. The summed E-state index contributed by atoms with van der Waals surface area (Å²) in [6.45, 7) is 0. The van der Waals surface area contributed by atoms with Gasteiger partial charge in [-0.1, -0.05) is 18.1 Å². The Balaban J connectivity index is 2.21. The third-order valence-electron chi connectivity index (χ3n) is 3.43. The molecule has 0 fully saturated rings. The van der Waals surface area contributed by atoms with Crippen molar-refractivity contribution in [3.8, 4) is 23.6 Å². The zero-order chi connectivity index (χ0) is 18.4. The normalized spacial score (nSPS) is 12.4. The highest BCUT2D eigenvalue weighted by molar-refractivity contribution is 5.66. The van der Waals surface area contributed by atoms with Gasteiger partial charge in [-0.25, -0.2) is 9.50 Å². The smallest absolute Gasteiger partial charge is 0.227 e. The Bertz CT molecular complexity index is 974. The molecule has 0 saturated carbocycles. The molecule has 0 unspecified atom stereocenters. The van der Waals surface area contributed by atoms with Crippen LogP contribution < -0.4 is 0 Å². The van der Waals surface area contributed by atoms with E-state index in [0.717, 1.165) is 30.5 Å². The van der Waals surface area contributed by atoms with E-state index >= 15 is 0 Å². The molecule has 2 aromatic heterocycles. The van der Waals surface area contributed by atoms with E-state index in [1.54, 1.807) is 0 Å². The predicted molar refractivity (Wildman–Crippen MR) is 76.4 cm³/mol. The Morgan fingerprint density at radius 2 is 1.60 bits per heavy atom. The maximum Gasteiger partial charge on any atom is 0.433 e. The molecule has 0 aliphatic rings. The number of hydrogen-bond donors (Lipinski definition) is 0. The van der Waals surface area contributed by atoms with E-state index in [-0.39, 0.29) is 22.5 Å². The number of terminal acetylenes is 1. The molecule has 0 aliphatic heterocycles. The second-order valence-electron chi connectivity index (χ2n) is 5.04. The summed E-state index contributed by atoms with van der Waals surface area (Å²) >= 11 is 0. The van der Waals surface area contributed by atoms with Crippen LogP contribution in [0.2, 0.25) is 0 Å². The zero-order valence-electron chi connectivity index (χ0n) is 12.2. The van der Waals surface area contributed by atoms with Crippen molar-refractivity contribution in [2.45, 2.75) is 12.4 Å². The van der Waals surface area contributed by atoms with Crippen molar-refractivity contribution in [1.82, 2.24) is 14.6 Å². The summed E-state index contributed by atoms with van der Waals surface area (Å²) in [7, 11) is 0. The van der Waals surface area contributed by atoms with Gasteiger partial charge in [0.05, 0.1) is 23.0 Å². The zero-order valence-corrected chi connectivity index (χ0v) is 12.2. The van der Waals surface area contributed by atoms with Gasteiger partial charge in [0.1, 0.15) is 0 Å². The van der Waals surface area contributed by atoms with Crippen LogP contribution in [-0.2, 0) is 12.4 Å². The number of alkyl halides is 6. The molecule has 128 valence electrons. The van der Waals surface area contributed by atoms with Crippen LogP contribution in [0, 0.1) is 12.3 Å². The van der Waals surface area contributed by atoms with Crippen LogP contribution in [-0.4, -0.2) is 14.6 Å². The van der Waals surface area contributed by atoms with E-state index < -0.39 is 23.6 Å². The maximum absolute atomic E-state index is 13.3. The molecule has 3 aromatic rings. The van der Waals surface area contributed by atoms with Gasteiger partial charge in [-0.3, -0.25) is 0 Å². The van der Waals surface area contributed by atoms with Gasteiger partial charge in [0.15, 0.2) is 11.3 Å². The molecule has 0 amide bonds. The molecule has 2 heterocycles. The number of benzene rings is 1. The molecule has 0 bridgehead atoms. The second-order valence-corrected chi connectivity index (χ2v) is 5.04. The summed E-state index contributed by atoms with van der Waals surface area (Å²) in [6.07, 6.45) is -3.01. The minimum Gasteiger partial charge on any atom is -0.227 e. The summed E-state index contributed by atoms with van der Waals surface area (Å²) in [5.74, 6) is 2.17. The van der Waals surface area contributed by atoms with Gasteiger partial charge in [-0.2, -0.15) is 31.4 Å². The van der Waals surface area contributed by atoms with E-state index in [4.69, 9.17) is 6.42 Å². The summed E-state index contributed by atoms with van der Waals surface area (Å²) in [5, 5.41) is 3.58. The topological polar surface area (TPSA) is 30.2 Å². The van der Waals surface area contributed by atoms with E-state index in [0.29, 0.717) is 10.6 Å². The molecule has 3 nitrogen and oxygen atoms in total. The summed E-state index contributed by atoms with van der Waals surface area (Å²) in [6, 6.07) is 4.35. The Morgan fingerprint density at radius 1 is 0.960 bits per heavy atom. The standard InChI is InChI=1S/C16H7F6N3/c1-2-9-8-23-25-13(16(20,21)22)7-12(24-14(9)25)10-3-5-11(6-4-10)15(17,18)19/h1,3-8H. The van der Waals surface area contributed by atoms with Crippen LogP contribution >= 0.6 is 0 Å². The predicted octanol–water partition coefficient (Wildman–Crippen LogP) is 4.42. The van der Waals surface area contributed by atoms with Gasteiger partial charge in [0, 0.05) is 5.56 Å². The Morgan fingerprint density at radius 3 is 2.12 bits per heavy atom. The SMILES string of the molecule is C#Cc1cnn2c(C(F)(F)F)cc(-c3ccc(C(F)(F)F)cc3)nc12. The molecule has 0 atom stereocenters. The molecule has 0 N–H and O–H groups in total. The Hall–Kier alpha value is -3.02. The molecular weight excluding hydrogens is 348 g/mol. The molecule has 0 aliphatic carbocycles. The van der Waals surface area contributed by atoms with E-state index in [1.807, 2.05) is 0 Å². The monoisotopic (exact) mass is 355 g/mol. The maximum atomic E-state index is 13.3. The first-order valence-corrected chi connectivity index (χ1v) is 6.71. The van der Waals surface area contributed by atoms with Gasteiger partial charge in [0.25, 0.3) is 0 Å². The molecule has 1 aromatic carbocycles. The molecule has 9 heteroatoms. The molecule has 0 spiro atoms. The van der Waals surface area contributed by atoms with Crippen molar-refractivity contribution in [2.75, 3.05) is 0 Å². The van der Waals surface area contributed by atoms with Crippen LogP contribution in [0.1, 0.15) is 16.8 Å². The minimum atomic E-state index is -4.75. The number of fused-ring (bicyclic) bond motifs is 1. The number of hydrogen-bond acceptors (Lipinski definition) is 2. The van der Waals surface area contributed by atoms with E-state index in [1.165, 1.54) is 0 Å². The van der Waals surface area contributed by atoms with Crippen molar-refractivity contribution < 1.29 is 26.3 Å². The Kier molecular flexibility index (Phi) is 3.71. The lowest BCUT2D eigenvalue weighted by atomic mass is 10.1. The quantitative estimate of drug-likeness (QED) is 0.478. The van der Waals surface area contributed by atoms with Gasteiger partial charge < -0.3 is 0 Å². The minimum absolute atomic E-state index is 0.0410. The molecule has 0 saturated heterocycles. The number of halogens is 6. The number of aromatic nitrogens is 3. The van der Waals surface area contributed by atoms with Gasteiger partial charge in [-0.15, -0.1) is 6.42 Å². The highest BCUT2D eigenvalue weighted by atomic mass is 19.4. The highest BCUT2D eigenvalue weighted by Crippen LogP contribution is 2.34.